The predicted octanol–water partition coefficient (Wildman–Crippen LogP) is 5.20. The molecule has 1 unspecified atom stereocenters. The van der Waals surface area contributed by atoms with E-state index in [9.17, 15) is 0 Å². The Morgan fingerprint density at radius 1 is 1.00 bits per heavy atom. The highest BCUT2D eigenvalue weighted by Crippen LogP contribution is 2.46. The van der Waals surface area contributed by atoms with Crippen molar-refractivity contribution in [2.75, 3.05) is 27.1 Å². The van der Waals surface area contributed by atoms with Crippen LogP contribution < -0.4 is 9.47 Å². The summed E-state index contributed by atoms with van der Waals surface area (Å²) in [5.74, 6) is 2.59. The van der Waals surface area contributed by atoms with Crippen molar-refractivity contribution >= 4 is 23.8 Å². The average molecular weight is 351 g/mol. The van der Waals surface area contributed by atoms with E-state index in [1.54, 1.807) is 21.3 Å². The molecule has 0 bridgehead atoms. The summed E-state index contributed by atoms with van der Waals surface area (Å²) in [5, 5.41) is 0.180. The fourth-order valence-corrected chi connectivity index (χ4v) is 4.24. The summed E-state index contributed by atoms with van der Waals surface area (Å²) >= 11 is 3.21. The van der Waals surface area contributed by atoms with Crippen molar-refractivity contribution in [1.82, 2.24) is 0 Å². The maximum Gasteiger partial charge on any atom is 0.128 e. The van der Waals surface area contributed by atoms with Gasteiger partial charge in [-0.1, -0.05) is 37.3 Å². The Balaban J connectivity index is 2.60. The molecule has 3 nitrogen and oxygen atoms in total. The highest BCUT2D eigenvalue weighted by atomic mass is 32.2. The number of hydrogen-bond acceptors (Lipinski definition) is 5. The van der Waals surface area contributed by atoms with Crippen LogP contribution in [-0.4, -0.2) is 27.1 Å². The van der Waals surface area contributed by atoms with Crippen LogP contribution in [0.5, 0.6) is 11.5 Å². The zero-order valence-electron chi connectivity index (χ0n) is 13.9. The van der Waals surface area contributed by atoms with Crippen LogP contribution in [0.15, 0.2) is 47.4 Å². The van der Waals surface area contributed by atoms with Crippen LogP contribution in [-0.2, 0) is 4.18 Å². The van der Waals surface area contributed by atoms with E-state index >= 15 is 0 Å². The van der Waals surface area contributed by atoms with E-state index in [0.29, 0.717) is 0 Å². The molecule has 5 heteroatoms. The third kappa shape index (κ3) is 4.37. The smallest absolute Gasteiger partial charge is 0.128 e. The Kier molecular flexibility index (Phi) is 7.15. The highest BCUT2D eigenvalue weighted by Gasteiger charge is 2.24. The SMILES string of the molecule is CCSC(c1ccccc1)c1c(OC)cc(OC)cc1SOC. The van der Waals surface area contributed by atoms with Gasteiger partial charge in [-0.25, -0.2) is 0 Å². The predicted molar refractivity (Wildman–Crippen MR) is 98.8 cm³/mol. The minimum absolute atomic E-state index is 0.180. The molecule has 124 valence electrons. The first-order valence-electron chi connectivity index (χ1n) is 7.38. The Morgan fingerprint density at radius 3 is 2.30 bits per heavy atom. The molecular weight excluding hydrogens is 328 g/mol. The largest absolute Gasteiger partial charge is 0.497 e. The van der Waals surface area contributed by atoms with Crippen molar-refractivity contribution < 1.29 is 13.7 Å². The number of ether oxygens (including phenoxy) is 2. The Hall–Kier alpha value is -1.30. The van der Waals surface area contributed by atoms with Gasteiger partial charge in [-0.05, 0) is 17.4 Å². The van der Waals surface area contributed by atoms with Gasteiger partial charge < -0.3 is 13.7 Å². The van der Waals surface area contributed by atoms with Gasteiger partial charge >= 0.3 is 0 Å². The van der Waals surface area contributed by atoms with Crippen molar-refractivity contribution in [1.29, 1.82) is 0 Å². The molecule has 0 aliphatic heterocycles. The first-order valence-corrected chi connectivity index (χ1v) is 9.17. The van der Waals surface area contributed by atoms with Crippen LogP contribution in [0.2, 0.25) is 0 Å². The van der Waals surface area contributed by atoms with Gasteiger partial charge in [0, 0.05) is 28.6 Å². The Labute approximate surface area is 146 Å². The molecule has 0 amide bonds. The molecule has 0 saturated heterocycles. The van der Waals surface area contributed by atoms with E-state index in [2.05, 4.69) is 31.2 Å². The lowest BCUT2D eigenvalue weighted by Crippen LogP contribution is -2.04. The Bertz CT molecular complexity index is 617. The van der Waals surface area contributed by atoms with Crippen LogP contribution in [0, 0.1) is 0 Å². The van der Waals surface area contributed by atoms with Gasteiger partial charge in [0.05, 0.1) is 26.6 Å². The molecule has 0 heterocycles. The molecule has 23 heavy (non-hydrogen) atoms. The van der Waals surface area contributed by atoms with Gasteiger partial charge in [0.1, 0.15) is 11.5 Å². The second kappa shape index (κ2) is 9.11. The number of methoxy groups -OCH3 is 2. The summed E-state index contributed by atoms with van der Waals surface area (Å²) in [6.45, 7) is 2.17. The van der Waals surface area contributed by atoms with Gasteiger partial charge in [-0.15, -0.1) is 11.8 Å². The van der Waals surface area contributed by atoms with Crippen LogP contribution in [0.3, 0.4) is 0 Å². The van der Waals surface area contributed by atoms with Crippen LogP contribution in [0.25, 0.3) is 0 Å². The topological polar surface area (TPSA) is 27.7 Å². The lowest BCUT2D eigenvalue weighted by Gasteiger charge is -2.23. The monoisotopic (exact) mass is 350 g/mol. The molecule has 2 rings (SSSR count). The molecule has 0 fully saturated rings. The summed E-state index contributed by atoms with van der Waals surface area (Å²) in [5.41, 5.74) is 2.37. The minimum atomic E-state index is 0.180. The lowest BCUT2D eigenvalue weighted by molar-refractivity contribution is 0.388. The van der Waals surface area contributed by atoms with Gasteiger partial charge in [0.2, 0.25) is 0 Å². The lowest BCUT2D eigenvalue weighted by atomic mass is 10.0. The molecular formula is C18H22O3S2. The first kappa shape index (κ1) is 18.0. The molecule has 0 aromatic heterocycles. The highest BCUT2D eigenvalue weighted by molar-refractivity contribution is 7.99. The number of benzene rings is 2. The molecule has 0 aliphatic carbocycles. The standard InChI is InChI=1S/C18H22O3S2/c1-5-22-18(13-9-7-6-8-10-13)17-15(20-3)11-14(19-2)12-16(17)23-21-4/h6-12,18H,5H2,1-4H3. The molecule has 0 saturated carbocycles. The normalized spacial score (nSPS) is 12.0. The van der Waals surface area contributed by atoms with Crippen LogP contribution >= 0.6 is 23.8 Å². The second-order valence-corrected chi connectivity index (χ2v) is 7.06. The van der Waals surface area contributed by atoms with Gasteiger partial charge in [-0.3, -0.25) is 0 Å². The zero-order chi connectivity index (χ0) is 16.7. The average Bonchev–Trinajstić information content (AvgIpc) is 2.60. The van der Waals surface area contributed by atoms with E-state index in [4.69, 9.17) is 13.7 Å². The quantitative estimate of drug-likeness (QED) is 0.610. The van der Waals surface area contributed by atoms with Crippen molar-refractivity contribution in [3.05, 3.63) is 53.6 Å². The second-order valence-electron chi connectivity index (χ2n) is 4.74. The molecule has 0 N–H and O–H groups in total. The third-order valence-electron chi connectivity index (χ3n) is 3.40. The molecule has 0 spiro atoms. The fraction of sp³-hybridized carbons (Fsp3) is 0.333. The molecule has 2 aromatic rings. The maximum atomic E-state index is 5.66. The van der Waals surface area contributed by atoms with Gasteiger partial charge in [0.15, 0.2) is 0 Å². The summed E-state index contributed by atoms with van der Waals surface area (Å²) in [6, 6.07) is 14.4. The third-order valence-corrected chi connectivity index (χ3v) is 5.26. The first-order chi connectivity index (χ1) is 11.2. The van der Waals surface area contributed by atoms with E-state index in [1.807, 2.05) is 30.0 Å². The molecule has 2 aromatic carbocycles. The van der Waals surface area contributed by atoms with E-state index in [0.717, 1.165) is 27.7 Å². The van der Waals surface area contributed by atoms with Crippen molar-refractivity contribution in [2.24, 2.45) is 0 Å². The van der Waals surface area contributed by atoms with E-state index in [-0.39, 0.29) is 5.25 Å². The van der Waals surface area contributed by atoms with E-state index < -0.39 is 0 Å². The molecule has 0 radical (unpaired) electrons. The van der Waals surface area contributed by atoms with Gasteiger partial charge in [0.25, 0.3) is 0 Å². The minimum Gasteiger partial charge on any atom is -0.497 e. The van der Waals surface area contributed by atoms with Gasteiger partial charge in [-0.2, -0.15) is 0 Å². The van der Waals surface area contributed by atoms with Crippen molar-refractivity contribution in [3.63, 3.8) is 0 Å². The summed E-state index contributed by atoms with van der Waals surface area (Å²) < 4.78 is 16.4. The van der Waals surface area contributed by atoms with Crippen molar-refractivity contribution in [2.45, 2.75) is 17.1 Å². The number of thioether (sulfide) groups is 1. The van der Waals surface area contributed by atoms with Crippen LogP contribution in [0.1, 0.15) is 23.3 Å². The number of hydrogen-bond donors (Lipinski definition) is 0. The summed E-state index contributed by atoms with van der Waals surface area (Å²) in [4.78, 5) is 1.01. The zero-order valence-corrected chi connectivity index (χ0v) is 15.5. The Morgan fingerprint density at radius 2 is 1.74 bits per heavy atom. The maximum absolute atomic E-state index is 5.66. The fourth-order valence-electron chi connectivity index (χ4n) is 2.42. The van der Waals surface area contributed by atoms with Crippen molar-refractivity contribution in [3.8, 4) is 11.5 Å². The van der Waals surface area contributed by atoms with E-state index in [1.165, 1.54) is 17.6 Å². The molecule has 0 aliphatic rings. The number of rotatable bonds is 8. The molecule has 1 atom stereocenters. The van der Waals surface area contributed by atoms with Crippen LogP contribution in [0.4, 0.5) is 0 Å². The summed E-state index contributed by atoms with van der Waals surface area (Å²) in [6.07, 6.45) is 0. The summed E-state index contributed by atoms with van der Waals surface area (Å²) in [7, 11) is 5.02.